The maximum atomic E-state index is 11.8. The van der Waals surface area contributed by atoms with E-state index in [0.29, 0.717) is 11.3 Å². The highest BCUT2D eigenvalue weighted by Crippen LogP contribution is 2.25. The van der Waals surface area contributed by atoms with E-state index in [0.717, 1.165) is 0 Å². The number of ketones is 2. The third kappa shape index (κ3) is 3.05. The molecule has 82 valence electrons. The van der Waals surface area contributed by atoms with Crippen LogP contribution in [0.4, 0.5) is 13.2 Å². The Bertz CT molecular complexity index is 394. The molecule has 0 bridgehead atoms. The molecule has 1 aromatic rings. The highest BCUT2D eigenvalue weighted by molar-refractivity contribution is 7.15. The Morgan fingerprint density at radius 2 is 1.93 bits per heavy atom. The predicted octanol–water partition coefficient (Wildman–Crippen LogP) is 2.16. The first kappa shape index (κ1) is 11.7. The van der Waals surface area contributed by atoms with Gasteiger partial charge in [0.25, 0.3) is 0 Å². The highest BCUT2D eigenvalue weighted by Gasteiger charge is 2.39. The summed E-state index contributed by atoms with van der Waals surface area (Å²) in [6.07, 6.45) is -6.21. The molecule has 0 unspecified atom stereocenters. The zero-order valence-corrected chi connectivity index (χ0v) is 7.98. The van der Waals surface area contributed by atoms with Gasteiger partial charge in [0.15, 0.2) is 10.8 Å². The number of aromatic hydroxyl groups is 1. The summed E-state index contributed by atoms with van der Waals surface area (Å²) in [6.45, 7) is 0. The van der Waals surface area contributed by atoms with Gasteiger partial charge >= 0.3 is 6.18 Å². The standard InChI is InChI=1S/C8H5F3O3S/c9-8(10,11)6(13)3-4(12)5-1-2-7(14)15-5/h1-2,14H,3H2. The van der Waals surface area contributed by atoms with Gasteiger partial charge in [-0.25, -0.2) is 0 Å². The Morgan fingerprint density at radius 3 is 2.33 bits per heavy atom. The first-order valence-corrected chi connectivity index (χ1v) is 4.54. The van der Waals surface area contributed by atoms with Gasteiger partial charge in [-0.1, -0.05) is 11.3 Å². The van der Waals surface area contributed by atoms with E-state index in [1.165, 1.54) is 12.1 Å². The molecule has 0 radical (unpaired) electrons. The Labute approximate surface area is 86.1 Å². The van der Waals surface area contributed by atoms with Crippen LogP contribution in [0.15, 0.2) is 12.1 Å². The third-order valence-electron chi connectivity index (χ3n) is 1.50. The van der Waals surface area contributed by atoms with Crippen LogP contribution in [-0.4, -0.2) is 22.8 Å². The topological polar surface area (TPSA) is 54.4 Å². The van der Waals surface area contributed by atoms with Crippen molar-refractivity contribution in [3.05, 3.63) is 17.0 Å². The second kappa shape index (κ2) is 4.01. The van der Waals surface area contributed by atoms with Crippen molar-refractivity contribution in [1.82, 2.24) is 0 Å². The van der Waals surface area contributed by atoms with Crippen LogP contribution in [0.5, 0.6) is 5.06 Å². The maximum absolute atomic E-state index is 11.8. The number of carbonyl (C=O) groups is 2. The number of thiophene rings is 1. The number of carbonyl (C=O) groups excluding carboxylic acids is 2. The van der Waals surface area contributed by atoms with Gasteiger partial charge in [0.1, 0.15) is 0 Å². The summed E-state index contributed by atoms with van der Waals surface area (Å²) in [4.78, 5) is 21.5. The van der Waals surface area contributed by atoms with Crippen LogP contribution in [0.2, 0.25) is 0 Å². The molecule has 0 aliphatic carbocycles. The van der Waals surface area contributed by atoms with Gasteiger partial charge < -0.3 is 5.11 Å². The van der Waals surface area contributed by atoms with Gasteiger partial charge in [-0.3, -0.25) is 9.59 Å². The number of rotatable bonds is 3. The second-order valence-electron chi connectivity index (χ2n) is 2.66. The fraction of sp³-hybridized carbons (Fsp3) is 0.250. The smallest absolute Gasteiger partial charge is 0.450 e. The van der Waals surface area contributed by atoms with E-state index < -0.39 is 24.2 Å². The molecular formula is C8H5F3O3S. The molecule has 0 amide bonds. The van der Waals surface area contributed by atoms with Crippen molar-refractivity contribution in [2.75, 3.05) is 0 Å². The minimum Gasteiger partial charge on any atom is -0.499 e. The molecule has 7 heteroatoms. The number of hydrogen-bond donors (Lipinski definition) is 1. The number of alkyl halides is 3. The largest absolute Gasteiger partial charge is 0.499 e. The van der Waals surface area contributed by atoms with Gasteiger partial charge in [0.05, 0.1) is 11.3 Å². The van der Waals surface area contributed by atoms with Crippen LogP contribution in [0.25, 0.3) is 0 Å². The minimum absolute atomic E-state index is 0.0647. The summed E-state index contributed by atoms with van der Waals surface area (Å²) in [5.41, 5.74) is 0. The lowest BCUT2D eigenvalue weighted by molar-refractivity contribution is -0.170. The van der Waals surface area contributed by atoms with Gasteiger partial charge in [-0.15, -0.1) is 0 Å². The van der Waals surface area contributed by atoms with Crippen LogP contribution in [0.1, 0.15) is 16.1 Å². The quantitative estimate of drug-likeness (QED) is 0.648. The van der Waals surface area contributed by atoms with Gasteiger partial charge in [0, 0.05) is 0 Å². The molecule has 15 heavy (non-hydrogen) atoms. The zero-order chi connectivity index (χ0) is 11.6. The Hall–Kier alpha value is -1.37. The van der Waals surface area contributed by atoms with E-state index in [2.05, 4.69) is 0 Å². The van der Waals surface area contributed by atoms with E-state index in [-0.39, 0.29) is 9.94 Å². The lowest BCUT2D eigenvalue weighted by atomic mass is 10.2. The number of Topliss-reactive ketones (excluding diaryl/α,β-unsaturated/α-hetero) is 2. The molecule has 0 atom stereocenters. The predicted molar refractivity (Wildman–Crippen MR) is 46.0 cm³/mol. The lowest BCUT2D eigenvalue weighted by Crippen LogP contribution is -2.25. The van der Waals surface area contributed by atoms with Crippen LogP contribution >= 0.6 is 11.3 Å². The van der Waals surface area contributed by atoms with Gasteiger partial charge in [0.2, 0.25) is 5.78 Å². The molecule has 0 saturated carbocycles. The lowest BCUT2D eigenvalue weighted by Gasteiger charge is -2.02. The monoisotopic (exact) mass is 238 g/mol. The molecule has 1 rings (SSSR count). The van der Waals surface area contributed by atoms with Crippen molar-refractivity contribution in [2.45, 2.75) is 12.6 Å². The highest BCUT2D eigenvalue weighted by atomic mass is 32.1. The molecule has 3 nitrogen and oxygen atoms in total. The third-order valence-corrected chi connectivity index (χ3v) is 2.43. The molecule has 0 aromatic carbocycles. The summed E-state index contributed by atoms with van der Waals surface area (Å²) in [6, 6.07) is 2.35. The molecule has 0 aliphatic rings. The fourth-order valence-corrected chi connectivity index (χ4v) is 1.49. The second-order valence-corrected chi connectivity index (χ2v) is 3.72. The summed E-state index contributed by atoms with van der Waals surface area (Å²) < 4.78 is 35.3. The molecule has 1 heterocycles. The summed E-state index contributed by atoms with van der Waals surface area (Å²) >= 11 is 0.635. The SMILES string of the molecule is O=C(CC(=O)C(F)(F)F)c1ccc(O)s1. The molecule has 0 fully saturated rings. The van der Waals surface area contributed by atoms with Crippen molar-refractivity contribution in [3.8, 4) is 5.06 Å². The van der Waals surface area contributed by atoms with Gasteiger partial charge in [-0.2, -0.15) is 13.2 Å². The van der Waals surface area contributed by atoms with Gasteiger partial charge in [-0.05, 0) is 12.1 Å². The van der Waals surface area contributed by atoms with E-state index in [4.69, 9.17) is 5.11 Å². The van der Waals surface area contributed by atoms with Crippen molar-refractivity contribution >= 4 is 22.9 Å². The zero-order valence-electron chi connectivity index (χ0n) is 7.17. The first-order valence-electron chi connectivity index (χ1n) is 3.72. The van der Waals surface area contributed by atoms with E-state index in [9.17, 15) is 22.8 Å². The minimum atomic E-state index is -4.99. The normalized spacial score (nSPS) is 11.4. The van der Waals surface area contributed by atoms with Crippen LogP contribution < -0.4 is 0 Å². The van der Waals surface area contributed by atoms with Crippen molar-refractivity contribution < 1.29 is 27.9 Å². The Balaban J connectivity index is 2.69. The van der Waals surface area contributed by atoms with Crippen LogP contribution in [0, 0.1) is 0 Å². The van der Waals surface area contributed by atoms with Crippen LogP contribution in [0.3, 0.4) is 0 Å². The number of halogens is 3. The maximum Gasteiger partial charge on any atom is 0.450 e. The van der Waals surface area contributed by atoms with Crippen molar-refractivity contribution in [2.24, 2.45) is 0 Å². The van der Waals surface area contributed by atoms with E-state index in [1.807, 2.05) is 0 Å². The molecular weight excluding hydrogens is 233 g/mol. The average Bonchev–Trinajstić information content (AvgIpc) is 2.50. The van der Waals surface area contributed by atoms with E-state index in [1.54, 1.807) is 0 Å². The summed E-state index contributed by atoms with van der Waals surface area (Å²) in [5, 5.41) is 8.67. The first-order chi connectivity index (χ1) is 6.80. The molecule has 1 N–H and O–H groups in total. The number of hydrogen-bond acceptors (Lipinski definition) is 4. The molecule has 0 saturated heterocycles. The molecule has 1 aromatic heterocycles. The summed E-state index contributed by atoms with van der Waals surface area (Å²) in [7, 11) is 0. The van der Waals surface area contributed by atoms with E-state index >= 15 is 0 Å². The van der Waals surface area contributed by atoms with Crippen molar-refractivity contribution in [3.63, 3.8) is 0 Å². The summed E-state index contributed by atoms with van der Waals surface area (Å²) in [5.74, 6) is -3.02. The van der Waals surface area contributed by atoms with Crippen LogP contribution in [-0.2, 0) is 4.79 Å². The Kier molecular flexibility index (Phi) is 3.13. The Morgan fingerprint density at radius 1 is 1.33 bits per heavy atom. The average molecular weight is 238 g/mol. The molecule has 0 spiro atoms. The van der Waals surface area contributed by atoms with Crippen molar-refractivity contribution in [1.29, 1.82) is 0 Å². The fourth-order valence-electron chi connectivity index (χ4n) is 0.811. The molecule has 0 aliphatic heterocycles.